The van der Waals surface area contributed by atoms with Crippen LogP contribution in [0.2, 0.25) is 0 Å². The van der Waals surface area contributed by atoms with Crippen LogP contribution in [0.1, 0.15) is 36.0 Å². The van der Waals surface area contributed by atoms with E-state index < -0.39 is 26.4 Å². The van der Waals surface area contributed by atoms with Crippen LogP contribution in [0.25, 0.3) is 0 Å². The molecule has 2 aromatic rings. The zero-order valence-electron chi connectivity index (χ0n) is 15.5. The third-order valence-corrected chi connectivity index (χ3v) is 7.53. The molecular formula is C21H21F2NO3S. The minimum absolute atomic E-state index is 0.0426. The summed E-state index contributed by atoms with van der Waals surface area (Å²) >= 11 is 0. The molecule has 2 aromatic carbocycles. The Morgan fingerprint density at radius 1 is 1.11 bits per heavy atom. The highest BCUT2D eigenvalue weighted by molar-refractivity contribution is 7.94. The van der Waals surface area contributed by atoms with Gasteiger partial charge >= 0.3 is 0 Å². The summed E-state index contributed by atoms with van der Waals surface area (Å²) in [5, 5.41) is 0. The third-order valence-electron chi connectivity index (χ3n) is 5.34. The van der Waals surface area contributed by atoms with Crippen LogP contribution in [-0.2, 0) is 16.4 Å². The number of fused-ring (bicyclic) bond motifs is 1. The van der Waals surface area contributed by atoms with Crippen molar-refractivity contribution in [2.45, 2.75) is 37.4 Å². The fraction of sp³-hybridized carbons (Fsp3) is 0.333. The molecule has 4 rings (SSSR count). The molecule has 1 heterocycles. The lowest BCUT2D eigenvalue weighted by molar-refractivity contribution is 0.361. The van der Waals surface area contributed by atoms with Crippen molar-refractivity contribution in [3.05, 3.63) is 70.8 Å². The van der Waals surface area contributed by atoms with Gasteiger partial charge in [0.05, 0.1) is 10.4 Å². The first-order chi connectivity index (χ1) is 13.3. The molecule has 0 atom stereocenters. The molecule has 0 saturated heterocycles. The normalized spacial score (nSPS) is 20.5. The predicted octanol–water partition coefficient (Wildman–Crippen LogP) is 4.48. The second kappa shape index (κ2) is 6.88. The standard InChI is InChI=1S/C21H21F2NO3S/c1-14-4-5-15(18(23)10-14)11-16-12-17(22)13-19-20(16)24-28(25,26)21(7-8-21)6-2-3-9-27-19/h2-5,10,12-13,24H,6-9,11H2,1H3/b3-2+. The number of allylic oxidation sites excluding steroid dienone is 1. The van der Waals surface area contributed by atoms with Crippen LogP contribution in [0.4, 0.5) is 14.5 Å². The molecule has 4 nitrogen and oxygen atoms in total. The van der Waals surface area contributed by atoms with Crippen molar-refractivity contribution in [3.63, 3.8) is 0 Å². The van der Waals surface area contributed by atoms with Crippen LogP contribution in [0, 0.1) is 18.6 Å². The Labute approximate surface area is 163 Å². The van der Waals surface area contributed by atoms with Gasteiger partial charge in [-0.25, -0.2) is 17.2 Å². The Kier molecular flexibility index (Phi) is 4.65. The molecule has 1 aliphatic carbocycles. The molecule has 2 aliphatic rings. The van der Waals surface area contributed by atoms with E-state index in [-0.39, 0.29) is 24.5 Å². The average Bonchev–Trinajstić information content (AvgIpc) is 3.41. The first-order valence-corrected chi connectivity index (χ1v) is 10.7. The van der Waals surface area contributed by atoms with Crippen LogP contribution in [0.3, 0.4) is 0 Å². The molecule has 0 amide bonds. The maximum Gasteiger partial charge on any atom is 0.238 e. The van der Waals surface area contributed by atoms with E-state index in [0.717, 1.165) is 11.6 Å². The number of hydrogen-bond donors (Lipinski definition) is 1. The summed E-state index contributed by atoms with van der Waals surface area (Å²) in [6.45, 7) is 1.98. The van der Waals surface area contributed by atoms with Gasteiger partial charge in [-0.3, -0.25) is 4.72 Å². The van der Waals surface area contributed by atoms with Crippen molar-refractivity contribution >= 4 is 15.7 Å². The summed E-state index contributed by atoms with van der Waals surface area (Å²) in [6.07, 6.45) is 5.14. The molecule has 0 bridgehead atoms. The number of benzene rings is 2. The molecule has 1 aliphatic heterocycles. The van der Waals surface area contributed by atoms with Gasteiger partial charge in [-0.1, -0.05) is 24.3 Å². The van der Waals surface area contributed by atoms with Crippen LogP contribution in [-0.4, -0.2) is 19.8 Å². The van der Waals surface area contributed by atoms with E-state index in [4.69, 9.17) is 4.74 Å². The van der Waals surface area contributed by atoms with E-state index in [1.165, 1.54) is 12.1 Å². The van der Waals surface area contributed by atoms with Crippen LogP contribution in [0.5, 0.6) is 5.75 Å². The summed E-state index contributed by atoms with van der Waals surface area (Å²) < 4.78 is 62.0. The molecule has 1 saturated carbocycles. The number of hydrogen-bond acceptors (Lipinski definition) is 3. The zero-order chi connectivity index (χ0) is 19.9. The first-order valence-electron chi connectivity index (χ1n) is 9.17. The van der Waals surface area contributed by atoms with Crippen molar-refractivity contribution in [3.8, 4) is 5.75 Å². The molecular weight excluding hydrogens is 384 g/mol. The lowest BCUT2D eigenvalue weighted by atomic mass is 10.0. The molecule has 7 heteroatoms. The molecule has 1 spiro atoms. The Bertz CT molecular complexity index is 1060. The van der Waals surface area contributed by atoms with Crippen molar-refractivity contribution in [2.75, 3.05) is 11.3 Å². The second-order valence-electron chi connectivity index (χ2n) is 7.48. The summed E-state index contributed by atoms with van der Waals surface area (Å²) in [5.74, 6) is -0.876. The Balaban J connectivity index is 1.80. The highest BCUT2D eigenvalue weighted by Gasteiger charge is 2.54. The van der Waals surface area contributed by atoms with Gasteiger partial charge < -0.3 is 4.74 Å². The van der Waals surface area contributed by atoms with E-state index >= 15 is 0 Å². The quantitative estimate of drug-likeness (QED) is 0.750. The number of rotatable bonds is 2. The number of anilines is 1. The second-order valence-corrected chi connectivity index (χ2v) is 9.56. The summed E-state index contributed by atoms with van der Waals surface area (Å²) in [6, 6.07) is 7.18. The van der Waals surface area contributed by atoms with E-state index in [2.05, 4.69) is 4.72 Å². The minimum atomic E-state index is -3.70. The van der Waals surface area contributed by atoms with Gasteiger partial charge in [0.25, 0.3) is 0 Å². The van der Waals surface area contributed by atoms with Crippen molar-refractivity contribution < 1.29 is 21.9 Å². The van der Waals surface area contributed by atoms with E-state index in [0.29, 0.717) is 30.4 Å². The van der Waals surface area contributed by atoms with Crippen molar-refractivity contribution in [2.24, 2.45) is 0 Å². The van der Waals surface area contributed by atoms with Gasteiger partial charge in [0.15, 0.2) is 0 Å². The highest BCUT2D eigenvalue weighted by atomic mass is 32.2. The molecule has 0 aromatic heterocycles. The maximum atomic E-state index is 14.3. The smallest absolute Gasteiger partial charge is 0.238 e. The van der Waals surface area contributed by atoms with Gasteiger partial charge in [0.1, 0.15) is 24.0 Å². The van der Waals surface area contributed by atoms with Crippen LogP contribution >= 0.6 is 0 Å². The summed E-state index contributed by atoms with van der Waals surface area (Å²) in [7, 11) is -3.70. The van der Waals surface area contributed by atoms with E-state index in [1.807, 2.05) is 0 Å². The van der Waals surface area contributed by atoms with Gasteiger partial charge in [-0.15, -0.1) is 0 Å². The monoisotopic (exact) mass is 405 g/mol. The Morgan fingerprint density at radius 2 is 1.89 bits per heavy atom. The lowest BCUT2D eigenvalue weighted by Gasteiger charge is -2.22. The minimum Gasteiger partial charge on any atom is -0.487 e. The Hall–Kier alpha value is -2.41. The molecule has 148 valence electrons. The SMILES string of the molecule is Cc1ccc(Cc2cc(F)cc3c2NS(=O)(=O)C2(C/C=C/CO3)CC2)c(F)c1. The number of sulfonamides is 1. The van der Waals surface area contributed by atoms with E-state index in [9.17, 15) is 17.2 Å². The van der Waals surface area contributed by atoms with Crippen LogP contribution < -0.4 is 9.46 Å². The molecule has 1 fully saturated rings. The maximum absolute atomic E-state index is 14.3. The van der Waals surface area contributed by atoms with Crippen molar-refractivity contribution in [1.29, 1.82) is 0 Å². The fourth-order valence-electron chi connectivity index (χ4n) is 3.47. The third kappa shape index (κ3) is 3.51. The molecule has 1 N–H and O–H groups in total. The topological polar surface area (TPSA) is 55.4 Å². The lowest BCUT2D eigenvalue weighted by Crippen LogP contribution is -2.30. The number of aryl methyl sites for hydroxylation is 1. The van der Waals surface area contributed by atoms with Crippen molar-refractivity contribution in [1.82, 2.24) is 0 Å². The first kappa shape index (κ1) is 18.9. The fourth-order valence-corrected chi connectivity index (χ4v) is 5.15. The molecule has 0 unspecified atom stereocenters. The highest BCUT2D eigenvalue weighted by Crippen LogP contribution is 2.48. The molecule has 28 heavy (non-hydrogen) atoms. The van der Waals surface area contributed by atoms with Gasteiger partial charge in [-0.2, -0.15) is 0 Å². The summed E-state index contributed by atoms with van der Waals surface area (Å²) in [5.41, 5.74) is 1.65. The largest absolute Gasteiger partial charge is 0.487 e. The average molecular weight is 405 g/mol. The van der Waals surface area contributed by atoms with E-state index in [1.54, 1.807) is 31.2 Å². The number of halogens is 2. The summed E-state index contributed by atoms with van der Waals surface area (Å²) in [4.78, 5) is 0. The number of nitrogens with one attached hydrogen (secondary N) is 1. The van der Waals surface area contributed by atoms with Gasteiger partial charge in [0.2, 0.25) is 10.0 Å². The van der Waals surface area contributed by atoms with Crippen LogP contribution in [0.15, 0.2) is 42.5 Å². The number of ether oxygens (including phenoxy) is 1. The van der Waals surface area contributed by atoms with Gasteiger partial charge in [-0.05, 0) is 55.0 Å². The molecule has 0 radical (unpaired) electrons. The predicted molar refractivity (Wildman–Crippen MR) is 104 cm³/mol. The zero-order valence-corrected chi connectivity index (χ0v) is 16.3. The Morgan fingerprint density at radius 3 is 2.61 bits per heavy atom. The van der Waals surface area contributed by atoms with Gasteiger partial charge in [0, 0.05) is 12.5 Å².